The van der Waals surface area contributed by atoms with Gasteiger partial charge in [-0.3, -0.25) is 14.3 Å². The summed E-state index contributed by atoms with van der Waals surface area (Å²) in [6.07, 6.45) is 0.478. The molecule has 1 unspecified atom stereocenters. The Bertz CT molecular complexity index is 829. The molecule has 0 radical (unpaired) electrons. The summed E-state index contributed by atoms with van der Waals surface area (Å²) < 4.78 is 6.98. The lowest BCUT2D eigenvalue weighted by Gasteiger charge is -2.16. The second-order valence-electron chi connectivity index (χ2n) is 7.39. The van der Waals surface area contributed by atoms with E-state index in [1.165, 1.54) is 0 Å². The Balaban J connectivity index is 1.50. The van der Waals surface area contributed by atoms with Gasteiger partial charge in [-0.05, 0) is 37.6 Å². The van der Waals surface area contributed by atoms with Crippen molar-refractivity contribution in [2.24, 2.45) is 5.92 Å². The first-order chi connectivity index (χ1) is 13.5. The minimum absolute atomic E-state index is 0.111. The van der Waals surface area contributed by atoms with E-state index in [9.17, 15) is 9.59 Å². The fraction of sp³-hybridized carbons (Fsp3) is 0.476. The minimum atomic E-state index is -0.111. The van der Waals surface area contributed by atoms with Crippen LogP contribution in [0.1, 0.15) is 33.7 Å². The van der Waals surface area contributed by atoms with E-state index >= 15 is 0 Å². The number of amides is 2. The second kappa shape index (κ2) is 9.01. The van der Waals surface area contributed by atoms with Crippen LogP contribution >= 0.6 is 0 Å². The van der Waals surface area contributed by atoms with Crippen molar-refractivity contribution in [2.45, 2.75) is 26.8 Å². The lowest BCUT2D eigenvalue weighted by atomic mass is 10.1. The highest BCUT2D eigenvalue weighted by molar-refractivity contribution is 5.94. The first-order valence-corrected chi connectivity index (χ1v) is 9.61. The number of aromatic nitrogens is 2. The van der Waals surface area contributed by atoms with Crippen LogP contribution in [0.5, 0.6) is 0 Å². The molecule has 3 rings (SSSR count). The molecule has 2 amide bonds. The molecule has 0 bridgehead atoms. The Kier molecular flexibility index (Phi) is 6.46. The number of methoxy groups -OCH3 is 1. The zero-order valence-corrected chi connectivity index (χ0v) is 16.8. The second-order valence-corrected chi connectivity index (χ2v) is 7.39. The van der Waals surface area contributed by atoms with Crippen molar-refractivity contribution in [3.8, 4) is 0 Å². The average molecular weight is 384 g/mol. The van der Waals surface area contributed by atoms with Crippen LogP contribution < -0.4 is 5.32 Å². The summed E-state index contributed by atoms with van der Waals surface area (Å²) in [5.41, 5.74) is 3.83. The summed E-state index contributed by atoms with van der Waals surface area (Å²) in [7, 11) is 1.63. The fourth-order valence-corrected chi connectivity index (χ4v) is 3.52. The third-order valence-electron chi connectivity index (χ3n) is 5.06. The first kappa shape index (κ1) is 20.1. The van der Waals surface area contributed by atoms with Crippen LogP contribution in [0.15, 0.2) is 30.3 Å². The van der Waals surface area contributed by atoms with Crippen molar-refractivity contribution in [1.29, 1.82) is 0 Å². The molecule has 1 atom stereocenters. The zero-order chi connectivity index (χ0) is 20.1. The van der Waals surface area contributed by atoms with Crippen LogP contribution in [0, 0.1) is 19.8 Å². The van der Waals surface area contributed by atoms with Crippen molar-refractivity contribution in [2.75, 3.05) is 33.4 Å². The normalized spacial score (nSPS) is 16.6. The molecule has 0 saturated carbocycles. The van der Waals surface area contributed by atoms with Gasteiger partial charge in [0.25, 0.3) is 5.91 Å². The number of hydrogen-bond donors (Lipinski definition) is 1. The fourth-order valence-electron chi connectivity index (χ4n) is 3.52. The van der Waals surface area contributed by atoms with E-state index in [1.807, 2.05) is 48.9 Å². The smallest absolute Gasteiger partial charge is 0.251 e. The Labute approximate surface area is 165 Å². The highest BCUT2D eigenvalue weighted by Gasteiger charge is 2.29. The molecule has 1 N–H and O–H groups in total. The van der Waals surface area contributed by atoms with Crippen LogP contribution in [0.25, 0.3) is 0 Å². The Hall–Kier alpha value is -2.67. The highest BCUT2D eigenvalue weighted by atomic mass is 16.5. The molecule has 28 heavy (non-hydrogen) atoms. The molecule has 1 aromatic heterocycles. The summed E-state index contributed by atoms with van der Waals surface area (Å²) in [4.78, 5) is 26.2. The van der Waals surface area contributed by atoms with E-state index in [4.69, 9.17) is 4.74 Å². The van der Waals surface area contributed by atoms with Gasteiger partial charge in [0, 0.05) is 50.3 Å². The summed E-state index contributed by atoms with van der Waals surface area (Å²) in [6.45, 7) is 7.01. The monoisotopic (exact) mass is 384 g/mol. The van der Waals surface area contributed by atoms with E-state index in [0.717, 1.165) is 17.0 Å². The molecule has 7 heteroatoms. The molecule has 7 nitrogen and oxygen atoms in total. The van der Waals surface area contributed by atoms with Gasteiger partial charge in [0.1, 0.15) is 0 Å². The van der Waals surface area contributed by atoms with Gasteiger partial charge in [-0.15, -0.1) is 0 Å². The first-order valence-electron chi connectivity index (χ1n) is 9.61. The predicted molar refractivity (Wildman–Crippen MR) is 106 cm³/mol. The SMILES string of the molecule is COCCN1CC(CNC(=O)c2ccc(Cn3nc(C)cc3C)cc2)CC1=O. The van der Waals surface area contributed by atoms with E-state index in [1.54, 1.807) is 12.0 Å². The van der Waals surface area contributed by atoms with Crippen LogP contribution in [-0.4, -0.2) is 59.8 Å². The van der Waals surface area contributed by atoms with Crippen molar-refractivity contribution < 1.29 is 14.3 Å². The van der Waals surface area contributed by atoms with Crippen molar-refractivity contribution in [1.82, 2.24) is 20.0 Å². The number of carbonyl (C=O) groups excluding carboxylic acids is 2. The summed E-state index contributed by atoms with van der Waals surface area (Å²) in [5, 5.41) is 7.42. The minimum Gasteiger partial charge on any atom is -0.383 e. The third kappa shape index (κ3) is 4.98. The molecule has 1 aliphatic heterocycles. The lowest BCUT2D eigenvalue weighted by molar-refractivity contribution is -0.128. The number of ether oxygens (including phenoxy) is 1. The van der Waals surface area contributed by atoms with Crippen LogP contribution in [-0.2, 0) is 16.1 Å². The highest BCUT2D eigenvalue weighted by Crippen LogP contribution is 2.17. The van der Waals surface area contributed by atoms with Crippen molar-refractivity contribution in [3.63, 3.8) is 0 Å². The Morgan fingerprint density at radius 2 is 2.04 bits per heavy atom. The molecule has 1 saturated heterocycles. The molecule has 2 aromatic rings. The number of aryl methyl sites for hydroxylation is 2. The van der Waals surface area contributed by atoms with E-state index < -0.39 is 0 Å². The van der Waals surface area contributed by atoms with E-state index in [0.29, 0.717) is 44.8 Å². The van der Waals surface area contributed by atoms with Gasteiger partial charge in [0.05, 0.1) is 18.8 Å². The zero-order valence-electron chi connectivity index (χ0n) is 16.8. The van der Waals surface area contributed by atoms with E-state index in [2.05, 4.69) is 10.4 Å². The summed E-state index contributed by atoms with van der Waals surface area (Å²) in [6, 6.07) is 9.63. The maximum Gasteiger partial charge on any atom is 0.251 e. The molecule has 0 aliphatic carbocycles. The number of carbonyl (C=O) groups is 2. The molecule has 1 fully saturated rings. The number of likely N-dealkylation sites (tertiary alicyclic amines) is 1. The maximum atomic E-state index is 12.4. The molecule has 1 aromatic carbocycles. The van der Waals surface area contributed by atoms with Crippen LogP contribution in [0.2, 0.25) is 0 Å². The van der Waals surface area contributed by atoms with Gasteiger partial charge in [-0.2, -0.15) is 5.10 Å². The van der Waals surface area contributed by atoms with Crippen LogP contribution in [0.4, 0.5) is 0 Å². The molecule has 0 spiro atoms. The van der Waals surface area contributed by atoms with Crippen molar-refractivity contribution in [3.05, 3.63) is 52.8 Å². The van der Waals surface area contributed by atoms with Gasteiger partial charge in [0.15, 0.2) is 0 Å². The number of rotatable bonds is 8. The maximum absolute atomic E-state index is 12.4. The largest absolute Gasteiger partial charge is 0.383 e. The Morgan fingerprint density at radius 1 is 1.29 bits per heavy atom. The standard InChI is InChI=1S/C21H28N4O3/c1-15-10-16(2)25(23-15)14-17-4-6-19(7-5-17)21(27)22-12-18-11-20(26)24(13-18)8-9-28-3/h4-7,10,18H,8-9,11-14H2,1-3H3,(H,22,27). The molecule has 2 heterocycles. The molecule has 150 valence electrons. The van der Waals surface area contributed by atoms with Gasteiger partial charge in [-0.1, -0.05) is 12.1 Å². The van der Waals surface area contributed by atoms with Gasteiger partial charge in [-0.25, -0.2) is 0 Å². The number of benzene rings is 1. The van der Waals surface area contributed by atoms with Crippen LogP contribution in [0.3, 0.4) is 0 Å². The quantitative estimate of drug-likeness (QED) is 0.753. The van der Waals surface area contributed by atoms with Crippen molar-refractivity contribution >= 4 is 11.8 Å². The van der Waals surface area contributed by atoms with Gasteiger partial charge in [0.2, 0.25) is 5.91 Å². The topological polar surface area (TPSA) is 76.5 Å². The number of hydrogen-bond acceptors (Lipinski definition) is 4. The predicted octanol–water partition coefficient (Wildman–Crippen LogP) is 1.77. The molecule has 1 aliphatic rings. The summed E-state index contributed by atoms with van der Waals surface area (Å²) >= 11 is 0. The molecular weight excluding hydrogens is 356 g/mol. The molecular formula is C21H28N4O3. The number of nitrogens with one attached hydrogen (secondary N) is 1. The van der Waals surface area contributed by atoms with E-state index in [-0.39, 0.29) is 17.7 Å². The Morgan fingerprint density at radius 3 is 2.68 bits per heavy atom. The van der Waals surface area contributed by atoms with Gasteiger partial charge < -0.3 is 15.0 Å². The van der Waals surface area contributed by atoms with Gasteiger partial charge >= 0.3 is 0 Å². The third-order valence-corrected chi connectivity index (χ3v) is 5.06. The lowest BCUT2D eigenvalue weighted by Crippen LogP contribution is -2.32. The number of nitrogens with zero attached hydrogens (tertiary/aromatic N) is 3. The summed E-state index contributed by atoms with van der Waals surface area (Å²) in [5.74, 6) is 0.170. The average Bonchev–Trinajstić information content (AvgIpc) is 3.19.